The van der Waals surface area contributed by atoms with E-state index in [0.717, 1.165) is 6.29 Å². The highest BCUT2D eigenvalue weighted by atomic mass is 31.1. The molecule has 0 aromatic rings. The lowest BCUT2D eigenvalue weighted by molar-refractivity contribution is -0.102. The number of carbonyl (C=O) groups excluding carboxylic acids is 1. The molecule has 0 fully saturated rings. The second kappa shape index (κ2) is 3.17. The second-order valence-corrected chi connectivity index (χ2v) is 3.87. The molecule has 0 saturated heterocycles. The molecule has 0 amide bonds. The first kappa shape index (κ1) is 5.97. The van der Waals surface area contributed by atoms with E-state index < -0.39 is 0 Å². The molecule has 0 radical (unpaired) electrons. The number of rotatable bonds is 1. The minimum absolute atomic E-state index is 0.379. The zero-order chi connectivity index (χ0) is 4.99. The zero-order valence-corrected chi connectivity index (χ0v) is 5.06. The number of hydrogen-bond acceptors (Lipinski definition) is 1. The molecule has 0 atom stereocenters. The van der Waals surface area contributed by atoms with Crippen LogP contribution in [0.4, 0.5) is 0 Å². The number of carbonyl (C=O) groups is 1. The van der Waals surface area contributed by atoms with Gasteiger partial charge in [0.05, 0.1) is 0 Å². The Bertz CT molecular complexity index is 71.6. The molecular weight excluding hydrogens is 95.0 g/mol. The van der Waals surface area contributed by atoms with Gasteiger partial charge in [0.1, 0.15) is 6.29 Å². The lowest BCUT2D eigenvalue weighted by atomic mass is 10.9. The van der Waals surface area contributed by atoms with Crippen LogP contribution in [0.5, 0.6) is 0 Å². The summed E-state index contributed by atoms with van der Waals surface area (Å²) < 4.78 is 0. The third-order valence-electron chi connectivity index (χ3n) is 0.401. The lowest BCUT2D eigenvalue weighted by Crippen LogP contribution is -1.66. The maximum atomic E-state index is 9.59. The summed E-state index contributed by atoms with van der Waals surface area (Å²) in [6.45, 7) is 4.14. The van der Waals surface area contributed by atoms with Crippen molar-refractivity contribution in [3.8, 4) is 0 Å². The van der Waals surface area contributed by atoms with Crippen LogP contribution in [-0.2, 0) is 4.79 Å². The topological polar surface area (TPSA) is 17.1 Å². The van der Waals surface area contributed by atoms with Gasteiger partial charge in [0.2, 0.25) is 0 Å². The van der Waals surface area contributed by atoms with Gasteiger partial charge in [-0.2, -0.15) is 0 Å². The highest BCUT2D eigenvalue weighted by Gasteiger charge is 1.64. The molecule has 0 spiro atoms. The van der Waals surface area contributed by atoms with Crippen LogP contribution >= 0.6 is 7.55 Å². The molecule has 0 N–H and O–H groups in total. The van der Waals surface area contributed by atoms with Gasteiger partial charge in [-0.3, -0.25) is 4.79 Å². The average molecular weight is 104 g/mol. The van der Waals surface area contributed by atoms with Crippen LogP contribution in [0, 0.1) is 0 Å². The van der Waals surface area contributed by atoms with Crippen LogP contribution < -0.4 is 0 Å². The number of aldehydes is 1. The van der Waals surface area contributed by atoms with E-state index in [1.807, 2.05) is 0 Å². The van der Waals surface area contributed by atoms with E-state index in [2.05, 4.69) is 13.3 Å². The summed E-state index contributed by atoms with van der Waals surface area (Å²) >= 11 is 0. The van der Waals surface area contributed by atoms with Crippen LogP contribution in [0.2, 0.25) is 0 Å². The molecule has 0 aliphatic carbocycles. The normalized spacial score (nSPS) is 8.50. The Labute approximate surface area is 38.8 Å². The molecule has 0 saturated carbocycles. The van der Waals surface area contributed by atoms with E-state index in [1.54, 1.807) is 5.80 Å². The molecule has 0 bridgehead atoms. The van der Waals surface area contributed by atoms with Crippen LogP contribution in [0.3, 0.4) is 0 Å². The minimum atomic E-state index is -0.379. The molecule has 0 aromatic carbocycles. The first-order chi connectivity index (χ1) is 2.77. The Morgan fingerprint density at radius 1 is 1.50 bits per heavy atom. The standard InChI is InChI=1S/C4H9OP/c1-6(2)4-3-5/h3-4,6H,1-2H3. The summed E-state index contributed by atoms with van der Waals surface area (Å²) in [7, 11) is -0.379. The summed E-state index contributed by atoms with van der Waals surface area (Å²) in [5.41, 5.74) is 0. The average Bonchev–Trinajstić information content (AvgIpc) is 1.35. The molecule has 1 nitrogen and oxygen atoms in total. The Balaban J connectivity index is 3.41. The van der Waals surface area contributed by atoms with Gasteiger partial charge in [0, 0.05) is 0 Å². The van der Waals surface area contributed by atoms with Gasteiger partial charge in [0.15, 0.2) is 0 Å². The summed E-state index contributed by atoms with van der Waals surface area (Å²) in [6.07, 6.45) is 0.869. The third kappa shape index (κ3) is 3.97. The van der Waals surface area contributed by atoms with E-state index >= 15 is 0 Å². The summed E-state index contributed by atoms with van der Waals surface area (Å²) in [4.78, 5) is 9.59. The van der Waals surface area contributed by atoms with E-state index in [9.17, 15) is 4.79 Å². The van der Waals surface area contributed by atoms with Crippen LogP contribution in [0.15, 0.2) is 0 Å². The molecule has 0 heterocycles. The molecule has 0 rings (SSSR count). The van der Waals surface area contributed by atoms with Gasteiger partial charge in [0.25, 0.3) is 0 Å². The summed E-state index contributed by atoms with van der Waals surface area (Å²) in [5, 5.41) is 0. The smallest absolute Gasteiger partial charge is 0.142 e. The molecule has 0 aromatic heterocycles. The van der Waals surface area contributed by atoms with Gasteiger partial charge < -0.3 is 0 Å². The van der Waals surface area contributed by atoms with Crippen LogP contribution in [0.25, 0.3) is 0 Å². The fourth-order valence-electron chi connectivity index (χ4n) is 0.136. The summed E-state index contributed by atoms with van der Waals surface area (Å²) in [6, 6.07) is 0. The van der Waals surface area contributed by atoms with Crippen molar-refractivity contribution in [2.45, 2.75) is 0 Å². The van der Waals surface area contributed by atoms with E-state index in [-0.39, 0.29) is 7.55 Å². The van der Waals surface area contributed by atoms with Crippen molar-refractivity contribution in [1.82, 2.24) is 0 Å². The summed E-state index contributed by atoms with van der Waals surface area (Å²) in [5.74, 6) is 1.71. The maximum absolute atomic E-state index is 9.59. The van der Waals surface area contributed by atoms with Gasteiger partial charge >= 0.3 is 0 Å². The van der Waals surface area contributed by atoms with Crippen molar-refractivity contribution in [3.63, 3.8) is 0 Å². The molecule has 0 aliphatic heterocycles. The maximum Gasteiger partial charge on any atom is 0.142 e. The zero-order valence-electron chi connectivity index (χ0n) is 4.06. The van der Waals surface area contributed by atoms with Crippen LogP contribution in [0.1, 0.15) is 0 Å². The predicted octanol–water partition coefficient (Wildman–Crippen LogP) is 0.461. The minimum Gasteiger partial charge on any atom is -0.299 e. The van der Waals surface area contributed by atoms with Crippen molar-refractivity contribution in [2.24, 2.45) is 0 Å². The Kier molecular flexibility index (Phi) is 3.16. The highest BCUT2D eigenvalue weighted by Crippen LogP contribution is 2.03. The molecule has 36 valence electrons. The van der Waals surface area contributed by atoms with E-state index in [1.165, 1.54) is 0 Å². The van der Waals surface area contributed by atoms with E-state index in [4.69, 9.17) is 0 Å². The van der Waals surface area contributed by atoms with Crippen molar-refractivity contribution in [2.75, 3.05) is 13.3 Å². The molecule has 0 unspecified atom stereocenters. The molecule has 2 heteroatoms. The third-order valence-corrected chi connectivity index (χ3v) is 1.20. The van der Waals surface area contributed by atoms with Gasteiger partial charge in [-0.25, -0.2) is 0 Å². The molecule has 6 heavy (non-hydrogen) atoms. The van der Waals surface area contributed by atoms with E-state index in [0.29, 0.717) is 0 Å². The Morgan fingerprint density at radius 3 is 2.00 bits per heavy atom. The quantitative estimate of drug-likeness (QED) is 0.349. The van der Waals surface area contributed by atoms with Gasteiger partial charge in [-0.15, -0.1) is 7.55 Å². The second-order valence-electron chi connectivity index (χ2n) is 1.38. The molecular formula is C4H9OP. The monoisotopic (exact) mass is 104 g/mol. The highest BCUT2D eigenvalue weighted by molar-refractivity contribution is 7.57. The number of hydrogen-bond donors (Lipinski definition) is 0. The van der Waals surface area contributed by atoms with Crippen molar-refractivity contribution in [1.29, 1.82) is 0 Å². The van der Waals surface area contributed by atoms with Gasteiger partial charge in [-0.1, -0.05) is 0 Å². The Morgan fingerprint density at radius 2 is 2.00 bits per heavy atom. The van der Waals surface area contributed by atoms with Crippen molar-refractivity contribution >= 4 is 19.6 Å². The first-order valence-electron chi connectivity index (χ1n) is 1.86. The van der Waals surface area contributed by atoms with Gasteiger partial charge in [-0.05, 0) is 19.1 Å². The fourth-order valence-corrected chi connectivity index (χ4v) is 0.408. The van der Waals surface area contributed by atoms with Crippen molar-refractivity contribution < 1.29 is 4.79 Å². The Hall–Kier alpha value is -0.0300. The molecule has 0 aliphatic rings. The lowest BCUT2D eigenvalue weighted by Gasteiger charge is -1.75. The van der Waals surface area contributed by atoms with Crippen molar-refractivity contribution in [3.05, 3.63) is 0 Å². The first-order valence-corrected chi connectivity index (χ1v) is 4.44. The fraction of sp³-hybridized carbons (Fsp3) is 0.500. The predicted molar refractivity (Wildman–Crippen MR) is 32.3 cm³/mol. The largest absolute Gasteiger partial charge is 0.299 e. The van der Waals surface area contributed by atoms with Crippen LogP contribution in [-0.4, -0.2) is 25.4 Å². The SMILES string of the molecule is C[PH](C)=CC=O.